The van der Waals surface area contributed by atoms with Gasteiger partial charge in [-0.05, 0) is 18.9 Å². The van der Waals surface area contributed by atoms with Gasteiger partial charge in [-0.1, -0.05) is 0 Å². The summed E-state index contributed by atoms with van der Waals surface area (Å²) in [5.41, 5.74) is 0.390. The van der Waals surface area contributed by atoms with Crippen molar-refractivity contribution in [1.29, 1.82) is 0 Å². The molecule has 0 unspecified atom stereocenters. The van der Waals surface area contributed by atoms with Gasteiger partial charge < -0.3 is 23.9 Å². The highest BCUT2D eigenvalue weighted by Crippen LogP contribution is 2.39. The summed E-state index contributed by atoms with van der Waals surface area (Å²) in [4.78, 5) is 18.7. The van der Waals surface area contributed by atoms with Crippen LogP contribution in [0.2, 0.25) is 0 Å². The van der Waals surface area contributed by atoms with E-state index in [0.717, 1.165) is 25.7 Å². The molecule has 128 valence electrons. The zero-order valence-electron chi connectivity index (χ0n) is 13.5. The molecule has 1 N–H and O–H groups in total. The third kappa shape index (κ3) is 2.74. The van der Waals surface area contributed by atoms with Gasteiger partial charge in [0.25, 0.3) is 5.56 Å². The van der Waals surface area contributed by atoms with Gasteiger partial charge >= 0.3 is 0 Å². The van der Waals surface area contributed by atoms with Crippen molar-refractivity contribution in [3.05, 3.63) is 28.8 Å². The Morgan fingerprint density at radius 3 is 2.67 bits per heavy atom. The summed E-state index contributed by atoms with van der Waals surface area (Å²) in [7, 11) is 1.58. The summed E-state index contributed by atoms with van der Waals surface area (Å²) in [6.45, 7) is 1.33. The van der Waals surface area contributed by atoms with Crippen molar-refractivity contribution in [2.45, 2.75) is 37.6 Å². The Balaban J connectivity index is 1.56. The van der Waals surface area contributed by atoms with Crippen LogP contribution < -0.4 is 15.0 Å². The molecule has 0 amide bonds. The maximum Gasteiger partial charge on any atom is 0.258 e. The summed E-state index contributed by atoms with van der Waals surface area (Å²) in [5.74, 6) is 0.737. The first kappa shape index (κ1) is 15.4. The van der Waals surface area contributed by atoms with Crippen LogP contribution in [0.3, 0.4) is 0 Å². The van der Waals surface area contributed by atoms with E-state index in [4.69, 9.17) is 18.9 Å². The molecule has 1 aliphatic carbocycles. The number of ether oxygens (including phenoxy) is 4. The van der Waals surface area contributed by atoms with E-state index in [2.05, 4.69) is 9.97 Å². The molecule has 24 heavy (non-hydrogen) atoms. The van der Waals surface area contributed by atoms with Gasteiger partial charge in [-0.3, -0.25) is 4.79 Å². The Morgan fingerprint density at radius 2 is 1.96 bits per heavy atom. The number of hydrogen-bond acceptors (Lipinski definition) is 6. The summed E-state index contributed by atoms with van der Waals surface area (Å²) >= 11 is 0. The zero-order valence-corrected chi connectivity index (χ0v) is 13.5. The molecule has 7 heteroatoms. The number of nitrogens with one attached hydrogen (secondary N) is 1. The fourth-order valence-corrected chi connectivity index (χ4v) is 3.44. The molecule has 2 fully saturated rings. The molecule has 1 aromatic carbocycles. The van der Waals surface area contributed by atoms with Gasteiger partial charge in [0.15, 0.2) is 17.3 Å². The van der Waals surface area contributed by atoms with Crippen LogP contribution >= 0.6 is 0 Å². The van der Waals surface area contributed by atoms with Gasteiger partial charge in [0.2, 0.25) is 0 Å². The maximum atomic E-state index is 12.0. The Bertz CT molecular complexity index is 787. The molecule has 2 aromatic rings. The van der Waals surface area contributed by atoms with E-state index < -0.39 is 5.79 Å². The average molecular weight is 332 g/mol. The minimum absolute atomic E-state index is 0.0468. The van der Waals surface area contributed by atoms with Crippen LogP contribution in [-0.2, 0) is 9.47 Å². The lowest BCUT2D eigenvalue weighted by Gasteiger charge is -2.35. The van der Waals surface area contributed by atoms with Crippen LogP contribution in [-0.4, -0.2) is 42.2 Å². The summed E-state index contributed by atoms with van der Waals surface area (Å²) < 4.78 is 23.0. The Labute approximate surface area is 138 Å². The number of nitrogens with zero attached hydrogens (tertiary/aromatic N) is 1. The Kier molecular flexibility index (Phi) is 3.90. The molecule has 2 heterocycles. The van der Waals surface area contributed by atoms with Crippen LogP contribution in [0, 0.1) is 0 Å². The lowest BCUT2D eigenvalue weighted by atomic mass is 9.92. The van der Waals surface area contributed by atoms with Crippen LogP contribution in [0.25, 0.3) is 10.9 Å². The second kappa shape index (κ2) is 6.07. The Morgan fingerprint density at radius 1 is 1.21 bits per heavy atom. The first-order valence-corrected chi connectivity index (χ1v) is 8.19. The van der Waals surface area contributed by atoms with Crippen molar-refractivity contribution < 1.29 is 18.9 Å². The lowest BCUT2D eigenvalue weighted by molar-refractivity contribution is -0.186. The van der Waals surface area contributed by atoms with Gasteiger partial charge in [-0.15, -0.1) is 0 Å². The highest BCUT2D eigenvalue weighted by Gasteiger charge is 2.41. The first-order chi connectivity index (χ1) is 11.7. The highest BCUT2D eigenvalue weighted by molar-refractivity contribution is 5.81. The largest absolute Gasteiger partial charge is 0.493 e. The van der Waals surface area contributed by atoms with Gasteiger partial charge in [0.1, 0.15) is 0 Å². The SMILES string of the molecule is COc1cc2nc[nH]c(=O)c2cc1OC1CCC2(CC1)OCCO2. The van der Waals surface area contributed by atoms with Crippen LogP contribution in [0.4, 0.5) is 0 Å². The number of aromatic amines is 1. The third-order valence-electron chi connectivity index (χ3n) is 4.73. The summed E-state index contributed by atoms with van der Waals surface area (Å²) in [6, 6.07) is 3.43. The second-order valence-electron chi connectivity index (χ2n) is 6.18. The van der Waals surface area contributed by atoms with Gasteiger partial charge in [0, 0.05) is 18.9 Å². The zero-order chi connectivity index (χ0) is 16.6. The highest BCUT2D eigenvalue weighted by atomic mass is 16.7. The monoisotopic (exact) mass is 332 g/mol. The molecule has 1 saturated heterocycles. The number of rotatable bonds is 3. The normalized spacial score (nSPS) is 20.5. The van der Waals surface area contributed by atoms with Gasteiger partial charge in [-0.2, -0.15) is 0 Å². The molecule has 1 aromatic heterocycles. The minimum Gasteiger partial charge on any atom is -0.493 e. The van der Waals surface area contributed by atoms with Crippen molar-refractivity contribution in [3.8, 4) is 11.5 Å². The van der Waals surface area contributed by atoms with Crippen LogP contribution in [0.5, 0.6) is 11.5 Å². The topological polar surface area (TPSA) is 82.7 Å². The molecule has 7 nitrogen and oxygen atoms in total. The van der Waals surface area contributed by atoms with Crippen molar-refractivity contribution in [3.63, 3.8) is 0 Å². The molecule has 1 spiro atoms. The molecule has 0 bridgehead atoms. The standard InChI is InChI=1S/C17H20N2O5/c1-21-14-9-13-12(16(20)19-10-18-13)8-15(14)24-11-2-4-17(5-3-11)22-6-7-23-17/h8-11H,2-7H2,1H3,(H,18,19,20). The molecule has 4 rings (SSSR count). The molecule has 1 aliphatic heterocycles. The molecular formula is C17H20N2O5. The van der Waals surface area contributed by atoms with Crippen molar-refractivity contribution in [2.75, 3.05) is 20.3 Å². The van der Waals surface area contributed by atoms with E-state index in [-0.39, 0.29) is 11.7 Å². The number of H-pyrrole nitrogens is 1. The smallest absolute Gasteiger partial charge is 0.258 e. The Hall–Kier alpha value is -2.12. The van der Waals surface area contributed by atoms with E-state index >= 15 is 0 Å². The van der Waals surface area contributed by atoms with Crippen LogP contribution in [0.15, 0.2) is 23.3 Å². The lowest BCUT2D eigenvalue weighted by Crippen LogP contribution is -2.38. The quantitative estimate of drug-likeness (QED) is 0.926. The van der Waals surface area contributed by atoms with E-state index in [1.165, 1.54) is 6.33 Å². The number of fused-ring (bicyclic) bond motifs is 1. The summed E-state index contributed by atoms with van der Waals surface area (Å²) in [6.07, 6.45) is 4.73. The predicted molar refractivity (Wildman–Crippen MR) is 86.4 cm³/mol. The van der Waals surface area contributed by atoms with E-state index in [9.17, 15) is 4.79 Å². The van der Waals surface area contributed by atoms with Crippen molar-refractivity contribution in [2.24, 2.45) is 0 Å². The molecule has 1 saturated carbocycles. The molecule has 2 aliphatic rings. The van der Waals surface area contributed by atoms with Gasteiger partial charge in [-0.25, -0.2) is 4.98 Å². The van der Waals surface area contributed by atoms with E-state index in [1.807, 2.05) is 0 Å². The molecule has 0 radical (unpaired) electrons. The van der Waals surface area contributed by atoms with Crippen LogP contribution in [0.1, 0.15) is 25.7 Å². The van der Waals surface area contributed by atoms with Crippen molar-refractivity contribution in [1.82, 2.24) is 9.97 Å². The molecule has 0 atom stereocenters. The first-order valence-electron chi connectivity index (χ1n) is 8.19. The van der Waals surface area contributed by atoms with Crippen molar-refractivity contribution >= 4 is 10.9 Å². The maximum absolute atomic E-state index is 12.0. The van der Waals surface area contributed by atoms with E-state index in [0.29, 0.717) is 35.6 Å². The van der Waals surface area contributed by atoms with Gasteiger partial charge in [0.05, 0.1) is 43.7 Å². The average Bonchev–Trinajstić information content (AvgIpc) is 3.05. The molecular weight excluding hydrogens is 312 g/mol. The number of methoxy groups -OCH3 is 1. The number of benzene rings is 1. The second-order valence-corrected chi connectivity index (χ2v) is 6.18. The minimum atomic E-state index is -0.408. The fourth-order valence-electron chi connectivity index (χ4n) is 3.44. The predicted octanol–water partition coefficient (Wildman–Crippen LogP) is 2.00. The fraction of sp³-hybridized carbons (Fsp3) is 0.529. The summed E-state index contributed by atoms with van der Waals surface area (Å²) in [5, 5.41) is 0.489. The number of aromatic nitrogens is 2. The third-order valence-corrected chi connectivity index (χ3v) is 4.73. The van der Waals surface area contributed by atoms with E-state index in [1.54, 1.807) is 19.2 Å². The number of hydrogen-bond donors (Lipinski definition) is 1.